The third-order valence-electron chi connectivity index (χ3n) is 6.05. The van der Waals surface area contributed by atoms with Gasteiger partial charge in [-0.2, -0.15) is 17.5 Å². The number of amides is 1. The van der Waals surface area contributed by atoms with Crippen molar-refractivity contribution in [3.63, 3.8) is 0 Å². The first-order chi connectivity index (χ1) is 16.1. The normalized spacial score (nSPS) is 14.2. The Balaban J connectivity index is 1.66. The van der Waals surface area contributed by atoms with E-state index >= 15 is 0 Å². The largest absolute Gasteiger partial charge is 0.449 e. The Kier molecular flexibility index (Phi) is 6.43. The molecule has 0 aliphatic carbocycles. The first kappa shape index (κ1) is 24.2. The molecule has 182 valence electrons. The molecule has 0 spiro atoms. The SMILES string of the molecule is CCN(CC)S(=O)(=O)c1ccc2c(c1)nc(C(F)(F)F)n2CCC(=O)N1CCc2ccccc21. The highest BCUT2D eigenvalue weighted by molar-refractivity contribution is 7.89. The third-order valence-corrected chi connectivity index (χ3v) is 8.10. The molecule has 2 heterocycles. The van der Waals surface area contributed by atoms with E-state index in [2.05, 4.69) is 4.98 Å². The summed E-state index contributed by atoms with van der Waals surface area (Å²) in [6.45, 7) is 4.10. The zero-order valence-electron chi connectivity index (χ0n) is 18.8. The van der Waals surface area contributed by atoms with Crippen molar-refractivity contribution >= 4 is 32.7 Å². The number of nitrogens with zero attached hydrogens (tertiary/aromatic N) is 4. The van der Waals surface area contributed by atoms with E-state index in [4.69, 9.17) is 0 Å². The number of halogens is 3. The molecule has 34 heavy (non-hydrogen) atoms. The van der Waals surface area contributed by atoms with E-state index in [9.17, 15) is 26.4 Å². The van der Waals surface area contributed by atoms with Crippen molar-refractivity contribution in [2.75, 3.05) is 24.5 Å². The van der Waals surface area contributed by atoms with E-state index in [1.54, 1.807) is 18.7 Å². The Morgan fingerprint density at radius 1 is 1.12 bits per heavy atom. The number of sulfonamides is 1. The van der Waals surface area contributed by atoms with Crippen LogP contribution in [-0.2, 0) is 34.0 Å². The van der Waals surface area contributed by atoms with Crippen LogP contribution in [0, 0.1) is 0 Å². The van der Waals surface area contributed by atoms with Crippen molar-refractivity contribution in [1.82, 2.24) is 13.9 Å². The molecule has 1 aliphatic heterocycles. The van der Waals surface area contributed by atoms with Crippen LogP contribution < -0.4 is 4.90 Å². The smallest absolute Gasteiger partial charge is 0.320 e. The molecule has 0 bridgehead atoms. The summed E-state index contributed by atoms with van der Waals surface area (Å²) >= 11 is 0. The van der Waals surface area contributed by atoms with Crippen LogP contribution in [-0.4, -0.2) is 47.8 Å². The minimum absolute atomic E-state index is 0.0838. The fourth-order valence-corrected chi connectivity index (χ4v) is 5.84. The van der Waals surface area contributed by atoms with Crippen molar-refractivity contribution in [3.05, 3.63) is 53.9 Å². The number of imidazole rings is 1. The number of hydrogen-bond acceptors (Lipinski definition) is 4. The second-order valence-corrected chi connectivity index (χ2v) is 9.94. The topological polar surface area (TPSA) is 75.5 Å². The van der Waals surface area contributed by atoms with Gasteiger partial charge in [-0.1, -0.05) is 32.0 Å². The lowest BCUT2D eigenvalue weighted by atomic mass is 10.2. The Hall–Kier alpha value is -2.92. The number of carbonyl (C=O) groups is 1. The number of para-hydroxylation sites is 1. The van der Waals surface area contributed by atoms with Crippen molar-refractivity contribution in [1.29, 1.82) is 0 Å². The molecule has 0 fully saturated rings. The molecule has 11 heteroatoms. The summed E-state index contributed by atoms with van der Waals surface area (Å²) in [5.41, 5.74) is 1.85. The number of carbonyl (C=O) groups excluding carboxylic acids is 1. The molecule has 0 saturated carbocycles. The highest BCUT2D eigenvalue weighted by atomic mass is 32.2. The third kappa shape index (κ3) is 4.29. The maximum Gasteiger partial charge on any atom is 0.449 e. The molecule has 7 nitrogen and oxygen atoms in total. The quantitative estimate of drug-likeness (QED) is 0.496. The van der Waals surface area contributed by atoms with Gasteiger partial charge in [0.25, 0.3) is 0 Å². The Morgan fingerprint density at radius 3 is 2.50 bits per heavy atom. The molecule has 0 N–H and O–H groups in total. The van der Waals surface area contributed by atoms with Crippen molar-refractivity contribution < 1.29 is 26.4 Å². The van der Waals surface area contributed by atoms with Crippen molar-refractivity contribution in [3.8, 4) is 0 Å². The second-order valence-electron chi connectivity index (χ2n) is 8.00. The fourth-order valence-electron chi connectivity index (χ4n) is 4.37. The first-order valence-electron chi connectivity index (χ1n) is 11.0. The summed E-state index contributed by atoms with van der Waals surface area (Å²) in [4.78, 5) is 18.0. The van der Waals surface area contributed by atoms with Gasteiger partial charge in [-0.3, -0.25) is 4.79 Å². The highest BCUT2D eigenvalue weighted by Crippen LogP contribution is 2.33. The molecule has 1 amide bonds. The minimum atomic E-state index is -4.76. The zero-order valence-corrected chi connectivity index (χ0v) is 19.7. The summed E-state index contributed by atoms with van der Waals surface area (Å²) in [7, 11) is -3.85. The van der Waals surface area contributed by atoms with Gasteiger partial charge in [0, 0.05) is 38.3 Å². The van der Waals surface area contributed by atoms with E-state index in [-0.39, 0.29) is 47.9 Å². The number of aromatic nitrogens is 2. The summed E-state index contributed by atoms with van der Waals surface area (Å²) < 4.78 is 69.1. The monoisotopic (exact) mass is 494 g/mol. The maximum atomic E-state index is 13.8. The number of aryl methyl sites for hydroxylation is 1. The molecule has 1 aromatic heterocycles. The number of anilines is 1. The standard InChI is InChI=1S/C23H25F3N4O3S/c1-3-28(4-2)34(32,33)17-9-10-20-18(15-17)27-22(23(24,25)26)30(20)14-12-21(31)29-13-11-16-7-5-6-8-19(16)29/h5-10,15H,3-4,11-14H2,1-2H3. The molecular weight excluding hydrogens is 469 g/mol. The molecular formula is C23H25F3N4O3S. The Labute approximate surface area is 195 Å². The Bertz CT molecular complexity index is 1330. The predicted molar refractivity (Wildman–Crippen MR) is 122 cm³/mol. The minimum Gasteiger partial charge on any atom is -0.320 e. The zero-order chi connectivity index (χ0) is 24.7. The number of fused-ring (bicyclic) bond motifs is 2. The maximum absolute atomic E-state index is 13.8. The van der Waals surface area contributed by atoms with Crippen LogP contribution in [0.2, 0.25) is 0 Å². The van der Waals surface area contributed by atoms with E-state index in [1.165, 1.54) is 16.4 Å². The van der Waals surface area contributed by atoms with Crippen LogP contribution >= 0.6 is 0 Å². The van der Waals surface area contributed by atoms with Gasteiger partial charge in [-0.05, 0) is 36.2 Å². The molecule has 0 unspecified atom stereocenters. The highest BCUT2D eigenvalue weighted by Gasteiger charge is 2.38. The van der Waals surface area contributed by atoms with Crippen LogP contribution in [0.3, 0.4) is 0 Å². The molecule has 1 aliphatic rings. The molecule has 3 aromatic rings. The summed E-state index contributed by atoms with van der Waals surface area (Å²) in [6.07, 6.45) is -4.21. The predicted octanol–water partition coefficient (Wildman–Crippen LogP) is 4.07. The Morgan fingerprint density at radius 2 is 1.82 bits per heavy atom. The summed E-state index contributed by atoms with van der Waals surface area (Å²) in [5.74, 6) is -1.44. The van der Waals surface area contributed by atoms with Gasteiger partial charge < -0.3 is 9.47 Å². The number of hydrogen-bond donors (Lipinski definition) is 0. The molecule has 0 radical (unpaired) electrons. The van der Waals surface area contributed by atoms with Crippen molar-refractivity contribution in [2.24, 2.45) is 0 Å². The van der Waals surface area contributed by atoms with Crippen LogP contribution in [0.15, 0.2) is 47.4 Å². The van der Waals surface area contributed by atoms with Crippen LogP contribution in [0.1, 0.15) is 31.7 Å². The number of rotatable bonds is 7. The summed E-state index contributed by atoms with van der Waals surface area (Å²) in [6, 6.07) is 11.2. The van der Waals surface area contributed by atoms with E-state index in [0.717, 1.165) is 21.9 Å². The lowest BCUT2D eigenvalue weighted by Gasteiger charge is -2.19. The molecule has 2 aromatic carbocycles. The van der Waals surface area contributed by atoms with Crippen LogP contribution in [0.25, 0.3) is 11.0 Å². The van der Waals surface area contributed by atoms with Crippen molar-refractivity contribution in [2.45, 2.75) is 44.3 Å². The lowest BCUT2D eigenvalue weighted by molar-refractivity contribution is -0.147. The van der Waals surface area contributed by atoms with E-state index < -0.39 is 22.0 Å². The lowest BCUT2D eigenvalue weighted by Crippen LogP contribution is -2.30. The van der Waals surface area contributed by atoms with E-state index in [1.807, 2.05) is 24.3 Å². The van der Waals surface area contributed by atoms with Gasteiger partial charge >= 0.3 is 6.18 Å². The second kappa shape index (κ2) is 9.03. The average molecular weight is 495 g/mol. The average Bonchev–Trinajstić information content (AvgIpc) is 3.39. The van der Waals surface area contributed by atoms with Gasteiger partial charge in [-0.15, -0.1) is 0 Å². The van der Waals surface area contributed by atoms with Crippen LogP contribution in [0.5, 0.6) is 0 Å². The number of alkyl halides is 3. The first-order valence-corrected chi connectivity index (χ1v) is 12.5. The van der Waals surface area contributed by atoms with Gasteiger partial charge in [0.1, 0.15) is 0 Å². The van der Waals surface area contributed by atoms with Gasteiger partial charge in [-0.25, -0.2) is 13.4 Å². The molecule has 0 saturated heterocycles. The van der Waals surface area contributed by atoms with Gasteiger partial charge in [0.15, 0.2) is 0 Å². The van der Waals surface area contributed by atoms with Crippen LogP contribution in [0.4, 0.5) is 18.9 Å². The molecule has 0 atom stereocenters. The van der Waals surface area contributed by atoms with E-state index in [0.29, 0.717) is 13.0 Å². The molecule has 4 rings (SSSR count). The number of benzene rings is 2. The van der Waals surface area contributed by atoms with Gasteiger partial charge in [0.2, 0.25) is 21.8 Å². The van der Waals surface area contributed by atoms with Gasteiger partial charge in [0.05, 0.1) is 15.9 Å². The summed E-state index contributed by atoms with van der Waals surface area (Å²) in [5, 5.41) is 0. The fraction of sp³-hybridized carbons (Fsp3) is 0.391.